The SMILES string of the molecule is CC(=O)c1ccc2nc(C(=O)Nc3ccc(OCCOCCO)cc3)[nH]c2c1. The van der Waals surface area contributed by atoms with E-state index in [9.17, 15) is 9.59 Å². The van der Waals surface area contributed by atoms with Crippen molar-refractivity contribution in [2.75, 3.05) is 31.7 Å². The van der Waals surface area contributed by atoms with E-state index in [1.54, 1.807) is 42.5 Å². The molecule has 0 radical (unpaired) electrons. The summed E-state index contributed by atoms with van der Waals surface area (Å²) in [5, 5.41) is 11.4. The number of ketones is 1. The second-order valence-electron chi connectivity index (χ2n) is 6.04. The molecular formula is C20H21N3O5. The molecular weight excluding hydrogens is 362 g/mol. The number of Topliss-reactive ketones (excluding diaryl/α,β-unsaturated/α-hetero) is 1. The minimum atomic E-state index is -0.383. The first-order valence-corrected chi connectivity index (χ1v) is 8.80. The number of hydrogen-bond donors (Lipinski definition) is 3. The molecule has 0 aliphatic heterocycles. The number of hydrogen-bond acceptors (Lipinski definition) is 6. The highest BCUT2D eigenvalue weighted by Gasteiger charge is 2.13. The van der Waals surface area contributed by atoms with Gasteiger partial charge in [-0.2, -0.15) is 0 Å². The van der Waals surface area contributed by atoms with Crippen LogP contribution in [0.25, 0.3) is 11.0 Å². The maximum Gasteiger partial charge on any atom is 0.291 e. The number of aliphatic hydroxyl groups is 1. The molecule has 3 aromatic rings. The summed E-state index contributed by atoms with van der Waals surface area (Å²) < 4.78 is 10.6. The average Bonchev–Trinajstić information content (AvgIpc) is 3.12. The molecule has 0 spiro atoms. The highest BCUT2D eigenvalue weighted by atomic mass is 16.5. The van der Waals surface area contributed by atoms with Gasteiger partial charge in [-0.3, -0.25) is 9.59 Å². The first-order valence-electron chi connectivity index (χ1n) is 8.80. The Kier molecular flexibility index (Phi) is 6.36. The highest BCUT2D eigenvalue weighted by Crippen LogP contribution is 2.18. The van der Waals surface area contributed by atoms with Crippen LogP contribution in [-0.2, 0) is 4.74 Å². The number of anilines is 1. The van der Waals surface area contributed by atoms with Crippen LogP contribution in [0.15, 0.2) is 42.5 Å². The number of nitrogens with zero attached hydrogens (tertiary/aromatic N) is 1. The van der Waals surface area contributed by atoms with Gasteiger partial charge in [-0.25, -0.2) is 4.98 Å². The number of imidazole rings is 1. The van der Waals surface area contributed by atoms with Crippen LogP contribution >= 0.6 is 0 Å². The molecule has 3 rings (SSSR count). The molecule has 1 amide bonds. The van der Waals surface area contributed by atoms with Crippen molar-refractivity contribution >= 4 is 28.4 Å². The number of aromatic amines is 1. The molecule has 0 fully saturated rings. The topological polar surface area (TPSA) is 114 Å². The molecule has 8 heteroatoms. The quantitative estimate of drug-likeness (QED) is 0.386. The van der Waals surface area contributed by atoms with Gasteiger partial charge in [-0.1, -0.05) is 0 Å². The third-order valence-corrected chi connectivity index (χ3v) is 3.95. The Labute approximate surface area is 161 Å². The number of aromatic nitrogens is 2. The first-order chi connectivity index (χ1) is 13.6. The Balaban J connectivity index is 1.59. The minimum absolute atomic E-state index is 0.0164. The molecule has 146 valence electrons. The molecule has 1 heterocycles. The van der Waals surface area contributed by atoms with Gasteiger partial charge in [0.15, 0.2) is 11.6 Å². The number of carbonyl (C=O) groups is 2. The van der Waals surface area contributed by atoms with E-state index in [0.717, 1.165) is 0 Å². The maximum absolute atomic E-state index is 12.4. The van der Waals surface area contributed by atoms with Crippen molar-refractivity contribution in [2.24, 2.45) is 0 Å². The van der Waals surface area contributed by atoms with Crippen molar-refractivity contribution in [3.05, 3.63) is 53.9 Å². The lowest BCUT2D eigenvalue weighted by atomic mass is 10.1. The number of fused-ring (bicyclic) bond motifs is 1. The molecule has 0 aliphatic carbocycles. The zero-order valence-corrected chi connectivity index (χ0v) is 15.4. The molecule has 0 atom stereocenters. The second kappa shape index (κ2) is 9.12. The van der Waals surface area contributed by atoms with Gasteiger partial charge in [-0.15, -0.1) is 0 Å². The number of carbonyl (C=O) groups excluding carboxylic acids is 2. The van der Waals surface area contributed by atoms with Gasteiger partial charge in [0.2, 0.25) is 0 Å². The van der Waals surface area contributed by atoms with Gasteiger partial charge in [0, 0.05) is 11.3 Å². The monoisotopic (exact) mass is 383 g/mol. The zero-order valence-electron chi connectivity index (χ0n) is 15.4. The Morgan fingerprint density at radius 2 is 1.89 bits per heavy atom. The number of nitrogens with one attached hydrogen (secondary N) is 2. The van der Waals surface area contributed by atoms with Gasteiger partial charge in [0.05, 0.1) is 30.9 Å². The number of benzene rings is 2. The molecule has 8 nitrogen and oxygen atoms in total. The third-order valence-electron chi connectivity index (χ3n) is 3.95. The van der Waals surface area contributed by atoms with E-state index in [-0.39, 0.29) is 30.7 Å². The van der Waals surface area contributed by atoms with Crippen LogP contribution in [0.2, 0.25) is 0 Å². The average molecular weight is 383 g/mol. The predicted octanol–water partition coefficient (Wildman–Crippen LogP) is 2.41. The molecule has 1 aromatic heterocycles. The number of ether oxygens (including phenoxy) is 2. The lowest BCUT2D eigenvalue weighted by Gasteiger charge is -2.08. The maximum atomic E-state index is 12.4. The molecule has 0 bridgehead atoms. The molecule has 3 N–H and O–H groups in total. The predicted molar refractivity (Wildman–Crippen MR) is 104 cm³/mol. The van der Waals surface area contributed by atoms with Gasteiger partial charge >= 0.3 is 0 Å². The van der Waals surface area contributed by atoms with Crippen molar-refractivity contribution in [2.45, 2.75) is 6.92 Å². The van der Waals surface area contributed by atoms with Gasteiger partial charge in [0.1, 0.15) is 12.4 Å². The second-order valence-corrected chi connectivity index (χ2v) is 6.04. The van der Waals surface area contributed by atoms with E-state index in [1.807, 2.05) is 0 Å². The summed E-state index contributed by atoms with van der Waals surface area (Å²) in [7, 11) is 0. The standard InChI is InChI=1S/C20H21N3O5/c1-13(25)14-2-7-17-18(12-14)23-19(22-17)20(26)21-15-3-5-16(6-4-15)28-11-10-27-9-8-24/h2-7,12,24H,8-11H2,1H3,(H,21,26)(H,22,23). The van der Waals surface area contributed by atoms with Crippen LogP contribution in [0.3, 0.4) is 0 Å². The zero-order chi connectivity index (χ0) is 19.9. The van der Waals surface area contributed by atoms with Crippen molar-refractivity contribution in [3.8, 4) is 5.75 Å². The lowest BCUT2D eigenvalue weighted by molar-refractivity contribution is 0.0705. The Morgan fingerprint density at radius 1 is 1.11 bits per heavy atom. The van der Waals surface area contributed by atoms with E-state index >= 15 is 0 Å². The molecule has 28 heavy (non-hydrogen) atoms. The number of rotatable bonds is 9. The molecule has 0 unspecified atom stereocenters. The minimum Gasteiger partial charge on any atom is -0.491 e. The van der Waals surface area contributed by atoms with Gasteiger partial charge in [0.25, 0.3) is 5.91 Å². The van der Waals surface area contributed by atoms with Crippen molar-refractivity contribution in [1.82, 2.24) is 9.97 Å². The fourth-order valence-corrected chi connectivity index (χ4v) is 2.55. The van der Waals surface area contributed by atoms with E-state index in [0.29, 0.717) is 41.2 Å². The Bertz CT molecular complexity index is 966. The fraction of sp³-hybridized carbons (Fsp3) is 0.250. The van der Waals surface area contributed by atoms with Crippen LogP contribution in [0, 0.1) is 0 Å². The van der Waals surface area contributed by atoms with Crippen LogP contribution in [-0.4, -0.2) is 53.2 Å². The van der Waals surface area contributed by atoms with Crippen molar-refractivity contribution in [1.29, 1.82) is 0 Å². The van der Waals surface area contributed by atoms with Crippen molar-refractivity contribution < 1.29 is 24.2 Å². The smallest absolute Gasteiger partial charge is 0.291 e. The van der Waals surface area contributed by atoms with Crippen LogP contribution in [0.4, 0.5) is 5.69 Å². The molecule has 0 saturated carbocycles. The summed E-state index contributed by atoms with van der Waals surface area (Å²) in [6, 6.07) is 12.0. The number of amides is 1. The molecule has 2 aromatic carbocycles. The Morgan fingerprint density at radius 3 is 2.61 bits per heavy atom. The van der Waals surface area contributed by atoms with Gasteiger partial charge in [-0.05, 0) is 49.4 Å². The molecule has 0 aliphatic rings. The van der Waals surface area contributed by atoms with E-state index in [2.05, 4.69) is 15.3 Å². The Hall–Kier alpha value is -3.23. The lowest BCUT2D eigenvalue weighted by Crippen LogP contribution is -2.13. The first kappa shape index (κ1) is 19.5. The van der Waals surface area contributed by atoms with Gasteiger partial charge < -0.3 is 24.9 Å². The van der Waals surface area contributed by atoms with E-state index in [4.69, 9.17) is 14.6 Å². The normalized spacial score (nSPS) is 10.8. The molecule has 0 saturated heterocycles. The fourth-order valence-electron chi connectivity index (χ4n) is 2.55. The summed E-state index contributed by atoms with van der Waals surface area (Å²) >= 11 is 0. The van der Waals surface area contributed by atoms with Crippen LogP contribution < -0.4 is 10.1 Å². The van der Waals surface area contributed by atoms with Crippen LogP contribution in [0.5, 0.6) is 5.75 Å². The summed E-state index contributed by atoms with van der Waals surface area (Å²) in [4.78, 5) is 31.1. The summed E-state index contributed by atoms with van der Waals surface area (Å²) in [6.07, 6.45) is 0. The summed E-state index contributed by atoms with van der Waals surface area (Å²) in [5.74, 6) is 0.375. The van der Waals surface area contributed by atoms with Crippen LogP contribution in [0.1, 0.15) is 27.9 Å². The number of H-pyrrole nitrogens is 1. The number of aliphatic hydroxyl groups excluding tert-OH is 1. The third kappa shape index (κ3) is 4.93. The largest absolute Gasteiger partial charge is 0.491 e. The summed E-state index contributed by atoms with van der Waals surface area (Å²) in [5.41, 5.74) is 2.39. The summed E-state index contributed by atoms with van der Waals surface area (Å²) in [6.45, 7) is 2.51. The van der Waals surface area contributed by atoms with E-state index in [1.165, 1.54) is 6.92 Å². The van der Waals surface area contributed by atoms with Crippen molar-refractivity contribution in [3.63, 3.8) is 0 Å². The highest BCUT2D eigenvalue weighted by molar-refractivity contribution is 6.04. The van der Waals surface area contributed by atoms with E-state index < -0.39 is 0 Å².